The summed E-state index contributed by atoms with van der Waals surface area (Å²) in [7, 11) is 5.89. The van der Waals surface area contributed by atoms with Gasteiger partial charge >= 0.3 is 0 Å². The second kappa shape index (κ2) is 6.59. The van der Waals surface area contributed by atoms with Crippen LogP contribution in [0.2, 0.25) is 0 Å². The third-order valence-electron chi connectivity index (χ3n) is 3.48. The molecule has 0 aliphatic rings. The Bertz CT molecular complexity index is 614. The van der Waals surface area contributed by atoms with Crippen LogP contribution < -0.4 is 5.32 Å². The molecule has 0 radical (unpaired) electrons. The number of aryl methyl sites for hydroxylation is 2. The molecule has 0 fully saturated rings. The molecule has 0 spiro atoms. The Morgan fingerprint density at radius 1 is 1.24 bits per heavy atom. The van der Waals surface area contributed by atoms with Crippen LogP contribution in [0.4, 0.5) is 5.82 Å². The summed E-state index contributed by atoms with van der Waals surface area (Å²) in [6, 6.07) is 10.2. The fraction of sp³-hybridized carbons (Fsp3) is 0.353. The van der Waals surface area contributed by atoms with Crippen LogP contribution in [0, 0.1) is 6.92 Å². The first-order valence-corrected chi connectivity index (χ1v) is 7.15. The Hall–Kier alpha value is -2.07. The van der Waals surface area contributed by atoms with Crippen molar-refractivity contribution in [3.05, 3.63) is 42.1 Å². The Labute approximate surface area is 126 Å². The van der Waals surface area contributed by atoms with Crippen molar-refractivity contribution in [2.75, 3.05) is 26.0 Å². The molecule has 4 nitrogen and oxygen atoms in total. The van der Waals surface area contributed by atoms with Gasteiger partial charge in [-0.05, 0) is 32.1 Å². The van der Waals surface area contributed by atoms with Crippen molar-refractivity contribution in [1.82, 2.24) is 9.47 Å². The van der Waals surface area contributed by atoms with Gasteiger partial charge in [-0.3, -0.25) is 4.79 Å². The number of carbonyl (C=O) groups excluding carboxylic acids is 1. The van der Waals surface area contributed by atoms with Crippen LogP contribution in [-0.2, 0) is 11.8 Å². The van der Waals surface area contributed by atoms with Crippen LogP contribution in [0.15, 0.2) is 36.5 Å². The number of carbonyl (C=O) groups is 1. The molecular weight excluding hydrogens is 262 g/mol. The van der Waals surface area contributed by atoms with Crippen LogP contribution in [0.25, 0.3) is 11.1 Å². The van der Waals surface area contributed by atoms with E-state index in [9.17, 15) is 4.79 Å². The molecule has 1 amide bonds. The van der Waals surface area contributed by atoms with Gasteiger partial charge in [0.15, 0.2) is 0 Å². The van der Waals surface area contributed by atoms with E-state index in [1.807, 2.05) is 55.0 Å². The largest absolute Gasteiger partial charge is 0.337 e. The summed E-state index contributed by atoms with van der Waals surface area (Å²) in [4.78, 5) is 14.1. The van der Waals surface area contributed by atoms with Gasteiger partial charge < -0.3 is 14.8 Å². The summed E-state index contributed by atoms with van der Waals surface area (Å²) >= 11 is 0. The second-order valence-electron chi connectivity index (χ2n) is 5.61. The molecule has 1 heterocycles. The predicted molar refractivity (Wildman–Crippen MR) is 87.4 cm³/mol. The lowest BCUT2D eigenvalue weighted by atomic mass is 10.0. The summed E-state index contributed by atoms with van der Waals surface area (Å²) in [6.45, 7) is 2.81. The minimum atomic E-state index is 0.0436. The van der Waals surface area contributed by atoms with E-state index in [4.69, 9.17) is 0 Å². The maximum absolute atomic E-state index is 12.1. The molecule has 21 heavy (non-hydrogen) atoms. The van der Waals surface area contributed by atoms with E-state index in [0.29, 0.717) is 6.42 Å². The fourth-order valence-corrected chi connectivity index (χ4v) is 2.42. The van der Waals surface area contributed by atoms with Crippen LogP contribution >= 0.6 is 0 Å². The first-order chi connectivity index (χ1) is 9.99. The Kier molecular flexibility index (Phi) is 4.81. The number of nitrogens with zero attached hydrogens (tertiary/aromatic N) is 2. The quantitative estimate of drug-likeness (QED) is 0.917. The molecule has 0 aliphatic carbocycles. The maximum atomic E-state index is 12.1. The second-order valence-corrected chi connectivity index (χ2v) is 5.61. The van der Waals surface area contributed by atoms with E-state index >= 15 is 0 Å². The summed E-state index contributed by atoms with van der Waals surface area (Å²) in [5, 5.41) is 3.05. The average molecular weight is 285 g/mol. The first kappa shape index (κ1) is 15.3. The third-order valence-corrected chi connectivity index (χ3v) is 3.48. The molecule has 1 aromatic carbocycles. The summed E-state index contributed by atoms with van der Waals surface area (Å²) < 4.78 is 1.98. The average Bonchev–Trinajstić information content (AvgIpc) is 2.72. The van der Waals surface area contributed by atoms with Gasteiger partial charge in [0.2, 0.25) is 5.91 Å². The zero-order chi connectivity index (χ0) is 15.4. The molecule has 2 aromatic rings. The van der Waals surface area contributed by atoms with E-state index in [0.717, 1.165) is 29.1 Å². The normalized spacial score (nSPS) is 10.9. The molecule has 0 atom stereocenters. The van der Waals surface area contributed by atoms with Gasteiger partial charge in [0.1, 0.15) is 5.82 Å². The number of amides is 1. The van der Waals surface area contributed by atoms with Gasteiger partial charge in [0, 0.05) is 31.8 Å². The van der Waals surface area contributed by atoms with Crippen molar-refractivity contribution in [3.63, 3.8) is 0 Å². The standard InChI is InChI=1S/C17H23N3O/c1-13-12-20(4)17(18-15(21)10-11-19(2)3)16(13)14-8-6-5-7-9-14/h5-9,12H,10-11H2,1-4H3,(H,18,21). The molecule has 1 aromatic heterocycles. The maximum Gasteiger partial charge on any atom is 0.226 e. The lowest BCUT2D eigenvalue weighted by Crippen LogP contribution is -2.21. The van der Waals surface area contributed by atoms with Gasteiger partial charge in [-0.15, -0.1) is 0 Å². The SMILES string of the molecule is Cc1cn(C)c(NC(=O)CCN(C)C)c1-c1ccccc1. The van der Waals surface area contributed by atoms with E-state index in [1.165, 1.54) is 0 Å². The molecule has 0 saturated carbocycles. The van der Waals surface area contributed by atoms with Crippen molar-refractivity contribution in [3.8, 4) is 11.1 Å². The fourth-order valence-electron chi connectivity index (χ4n) is 2.42. The lowest BCUT2D eigenvalue weighted by molar-refractivity contribution is -0.116. The topological polar surface area (TPSA) is 37.3 Å². The molecule has 2 rings (SSSR count). The molecule has 112 valence electrons. The lowest BCUT2D eigenvalue weighted by Gasteiger charge is -2.12. The highest BCUT2D eigenvalue weighted by Gasteiger charge is 2.15. The Balaban J connectivity index is 2.26. The molecule has 0 bridgehead atoms. The molecule has 4 heteroatoms. The van der Waals surface area contributed by atoms with Crippen molar-refractivity contribution < 1.29 is 4.79 Å². The highest BCUT2D eigenvalue weighted by Crippen LogP contribution is 2.32. The monoisotopic (exact) mass is 285 g/mol. The van der Waals surface area contributed by atoms with Crippen LogP contribution in [0.1, 0.15) is 12.0 Å². The summed E-state index contributed by atoms with van der Waals surface area (Å²) in [6.07, 6.45) is 2.54. The highest BCUT2D eigenvalue weighted by molar-refractivity contribution is 5.95. The Morgan fingerprint density at radius 2 is 1.90 bits per heavy atom. The number of rotatable bonds is 5. The molecule has 0 aliphatic heterocycles. The van der Waals surface area contributed by atoms with Crippen LogP contribution in [0.5, 0.6) is 0 Å². The number of aromatic nitrogens is 1. The molecule has 1 N–H and O–H groups in total. The van der Waals surface area contributed by atoms with E-state index in [2.05, 4.69) is 24.4 Å². The summed E-state index contributed by atoms with van der Waals surface area (Å²) in [5.74, 6) is 0.907. The number of anilines is 1. The van der Waals surface area contributed by atoms with E-state index < -0.39 is 0 Å². The van der Waals surface area contributed by atoms with Crippen LogP contribution in [-0.4, -0.2) is 36.0 Å². The zero-order valence-corrected chi connectivity index (χ0v) is 13.2. The van der Waals surface area contributed by atoms with Crippen molar-refractivity contribution in [2.24, 2.45) is 7.05 Å². The van der Waals surface area contributed by atoms with Gasteiger partial charge in [-0.2, -0.15) is 0 Å². The summed E-state index contributed by atoms with van der Waals surface area (Å²) in [5.41, 5.74) is 3.38. The van der Waals surface area contributed by atoms with Gasteiger partial charge in [-0.25, -0.2) is 0 Å². The van der Waals surface area contributed by atoms with Crippen molar-refractivity contribution in [1.29, 1.82) is 0 Å². The smallest absolute Gasteiger partial charge is 0.226 e. The van der Waals surface area contributed by atoms with Gasteiger partial charge in [0.25, 0.3) is 0 Å². The number of hydrogen-bond donors (Lipinski definition) is 1. The van der Waals surface area contributed by atoms with Crippen molar-refractivity contribution in [2.45, 2.75) is 13.3 Å². The van der Waals surface area contributed by atoms with Gasteiger partial charge in [0.05, 0.1) is 0 Å². The van der Waals surface area contributed by atoms with E-state index in [1.54, 1.807) is 0 Å². The van der Waals surface area contributed by atoms with Crippen LogP contribution in [0.3, 0.4) is 0 Å². The minimum absolute atomic E-state index is 0.0436. The highest BCUT2D eigenvalue weighted by atomic mass is 16.1. The number of nitrogens with one attached hydrogen (secondary N) is 1. The number of hydrogen-bond acceptors (Lipinski definition) is 2. The first-order valence-electron chi connectivity index (χ1n) is 7.15. The minimum Gasteiger partial charge on any atom is -0.337 e. The third kappa shape index (κ3) is 3.73. The zero-order valence-electron chi connectivity index (χ0n) is 13.2. The van der Waals surface area contributed by atoms with Gasteiger partial charge in [-0.1, -0.05) is 30.3 Å². The Morgan fingerprint density at radius 3 is 2.52 bits per heavy atom. The predicted octanol–water partition coefficient (Wildman–Crippen LogP) is 2.89. The van der Waals surface area contributed by atoms with Crippen molar-refractivity contribution >= 4 is 11.7 Å². The molecular formula is C17H23N3O. The molecule has 0 saturated heterocycles. The number of benzene rings is 1. The molecule has 0 unspecified atom stereocenters. The van der Waals surface area contributed by atoms with E-state index in [-0.39, 0.29) is 5.91 Å².